The lowest BCUT2D eigenvalue weighted by molar-refractivity contribution is -0.149. The number of rotatable bonds is 8. The van der Waals surface area contributed by atoms with Gasteiger partial charge in [0.25, 0.3) is 5.56 Å². The summed E-state index contributed by atoms with van der Waals surface area (Å²) in [6.45, 7) is 2.05. The van der Waals surface area contributed by atoms with Crippen LogP contribution in [0.25, 0.3) is 0 Å². The van der Waals surface area contributed by atoms with Crippen LogP contribution in [0.15, 0.2) is 21.5 Å². The molecule has 0 bridgehead atoms. The summed E-state index contributed by atoms with van der Waals surface area (Å²) in [5, 5.41) is 0. The van der Waals surface area contributed by atoms with Gasteiger partial charge in [0.05, 0.1) is 24.4 Å². The molecule has 0 radical (unpaired) electrons. The molecule has 0 saturated heterocycles. The predicted octanol–water partition coefficient (Wildman–Crippen LogP) is 3.16. The number of methoxy groups -OCH3 is 1. The molecule has 1 atom stereocenters. The molecular formula is C14H18BrF2NO4. The van der Waals surface area contributed by atoms with E-state index in [2.05, 4.69) is 15.9 Å². The van der Waals surface area contributed by atoms with Crippen LogP contribution in [0.5, 0.6) is 5.75 Å². The molecule has 8 heteroatoms. The summed E-state index contributed by atoms with van der Waals surface area (Å²) in [5.41, 5.74) is -0.592. The molecule has 1 aromatic heterocycles. The van der Waals surface area contributed by atoms with Crippen molar-refractivity contribution in [3.05, 3.63) is 27.1 Å². The number of esters is 1. The lowest BCUT2D eigenvalue weighted by Crippen LogP contribution is -2.32. The molecule has 1 rings (SSSR count). The molecule has 0 amide bonds. The maximum absolute atomic E-state index is 12.7. The first kappa shape index (κ1) is 18.6. The van der Waals surface area contributed by atoms with Crippen LogP contribution < -0.4 is 10.3 Å². The molecule has 0 N–H and O–H groups in total. The van der Waals surface area contributed by atoms with E-state index in [4.69, 9.17) is 9.47 Å². The summed E-state index contributed by atoms with van der Waals surface area (Å²) in [4.78, 5) is 24.0. The first-order valence-electron chi connectivity index (χ1n) is 6.81. The van der Waals surface area contributed by atoms with Crippen molar-refractivity contribution in [1.29, 1.82) is 0 Å². The average molecular weight is 382 g/mol. The Bertz CT molecular complexity index is 562. The number of halogens is 3. The number of hydrogen-bond acceptors (Lipinski definition) is 4. The topological polar surface area (TPSA) is 57.5 Å². The lowest BCUT2D eigenvalue weighted by Gasteiger charge is -2.19. The number of hydrogen-bond donors (Lipinski definition) is 0. The molecular weight excluding hydrogens is 364 g/mol. The van der Waals surface area contributed by atoms with Gasteiger partial charge in [0.1, 0.15) is 11.8 Å². The van der Waals surface area contributed by atoms with E-state index >= 15 is 0 Å². The molecule has 0 aliphatic carbocycles. The monoisotopic (exact) mass is 381 g/mol. The zero-order chi connectivity index (χ0) is 16.7. The third-order valence-corrected chi connectivity index (χ3v) is 3.59. The van der Waals surface area contributed by atoms with Gasteiger partial charge in [-0.05, 0) is 22.4 Å². The highest BCUT2D eigenvalue weighted by molar-refractivity contribution is 9.10. The predicted molar refractivity (Wildman–Crippen MR) is 80.5 cm³/mol. The van der Waals surface area contributed by atoms with Crippen molar-refractivity contribution in [2.24, 2.45) is 0 Å². The number of aromatic nitrogens is 1. The largest absolute Gasteiger partial charge is 0.494 e. The Morgan fingerprint density at radius 2 is 2.14 bits per heavy atom. The van der Waals surface area contributed by atoms with E-state index in [0.29, 0.717) is 10.9 Å². The number of carbonyl (C=O) groups is 1. The van der Waals surface area contributed by atoms with Crippen LogP contribution in [0.2, 0.25) is 0 Å². The van der Waals surface area contributed by atoms with Gasteiger partial charge >= 0.3 is 5.97 Å². The summed E-state index contributed by atoms with van der Waals surface area (Å²) in [5.74, 6) is -0.583. The Labute approximate surface area is 135 Å². The van der Waals surface area contributed by atoms with E-state index in [1.807, 2.05) is 6.92 Å². The summed E-state index contributed by atoms with van der Waals surface area (Å²) >= 11 is 3.13. The Kier molecular flexibility index (Phi) is 7.50. The molecule has 22 heavy (non-hydrogen) atoms. The van der Waals surface area contributed by atoms with E-state index in [9.17, 15) is 18.4 Å². The van der Waals surface area contributed by atoms with Gasteiger partial charge in [0, 0.05) is 12.5 Å². The minimum Gasteiger partial charge on any atom is -0.494 e. The van der Waals surface area contributed by atoms with Gasteiger partial charge in [-0.15, -0.1) is 0 Å². The highest BCUT2D eigenvalue weighted by Gasteiger charge is 2.27. The fraction of sp³-hybridized carbons (Fsp3) is 0.571. The van der Waals surface area contributed by atoms with Crippen LogP contribution in [0.3, 0.4) is 0 Å². The summed E-state index contributed by atoms with van der Waals surface area (Å²) < 4.78 is 36.8. The molecule has 0 fully saturated rings. The molecule has 0 spiro atoms. The van der Waals surface area contributed by atoms with Crippen LogP contribution in [-0.2, 0) is 9.53 Å². The summed E-state index contributed by atoms with van der Waals surface area (Å²) in [7, 11) is 1.37. The van der Waals surface area contributed by atoms with Crippen LogP contribution in [0.1, 0.15) is 32.2 Å². The van der Waals surface area contributed by atoms with E-state index in [0.717, 1.165) is 17.1 Å². The molecule has 5 nitrogen and oxygen atoms in total. The van der Waals surface area contributed by atoms with Crippen molar-refractivity contribution in [2.75, 3.05) is 13.7 Å². The maximum atomic E-state index is 12.7. The fourth-order valence-corrected chi connectivity index (χ4v) is 2.26. The second-order valence-electron chi connectivity index (χ2n) is 4.60. The minimum atomic E-state index is -2.75. The van der Waals surface area contributed by atoms with Gasteiger partial charge in [-0.25, -0.2) is 13.6 Å². The first-order chi connectivity index (χ1) is 10.4. The standard InChI is InChI=1S/C14H18BrF2NO4/c1-3-4-5-22-14(20)10(7-12(16)17)18-8-11(21-2)9(15)6-13(18)19/h6,8,10,12H,3-5,7H2,1-2H3. The van der Waals surface area contributed by atoms with Crippen molar-refractivity contribution < 1.29 is 23.0 Å². The Morgan fingerprint density at radius 3 is 2.68 bits per heavy atom. The molecule has 1 aromatic rings. The highest BCUT2D eigenvalue weighted by atomic mass is 79.9. The van der Waals surface area contributed by atoms with Gasteiger partial charge in [0.2, 0.25) is 6.43 Å². The molecule has 124 valence electrons. The fourth-order valence-electron chi connectivity index (χ4n) is 1.80. The molecule has 0 aromatic carbocycles. The molecule has 1 heterocycles. The SMILES string of the molecule is CCCCOC(=O)C(CC(F)F)n1cc(OC)c(Br)cc1=O. The minimum absolute atomic E-state index is 0.136. The van der Waals surface area contributed by atoms with Crippen molar-refractivity contribution in [3.63, 3.8) is 0 Å². The zero-order valence-electron chi connectivity index (χ0n) is 12.4. The Balaban J connectivity index is 3.11. The van der Waals surface area contributed by atoms with Crippen molar-refractivity contribution in [2.45, 2.75) is 38.7 Å². The number of pyridine rings is 1. The van der Waals surface area contributed by atoms with Crippen LogP contribution in [0, 0.1) is 0 Å². The van der Waals surface area contributed by atoms with E-state index in [-0.39, 0.29) is 12.4 Å². The van der Waals surface area contributed by atoms with Gasteiger partial charge in [0.15, 0.2) is 0 Å². The maximum Gasteiger partial charge on any atom is 0.329 e. The Morgan fingerprint density at radius 1 is 1.45 bits per heavy atom. The molecule has 0 aliphatic rings. The number of alkyl halides is 2. The second-order valence-corrected chi connectivity index (χ2v) is 5.45. The van der Waals surface area contributed by atoms with E-state index in [1.54, 1.807) is 0 Å². The summed E-state index contributed by atoms with van der Waals surface area (Å²) in [6.07, 6.45) is -0.883. The number of carbonyl (C=O) groups excluding carboxylic acids is 1. The van der Waals surface area contributed by atoms with Crippen LogP contribution in [-0.4, -0.2) is 30.7 Å². The van der Waals surface area contributed by atoms with Gasteiger partial charge in [-0.1, -0.05) is 13.3 Å². The zero-order valence-corrected chi connectivity index (χ0v) is 13.9. The molecule has 0 saturated carbocycles. The van der Waals surface area contributed by atoms with Gasteiger partial charge in [-0.3, -0.25) is 9.36 Å². The van der Waals surface area contributed by atoms with Gasteiger partial charge in [-0.2, -0.15) is 0 Å². The van der Waals surface area contributed by atoms with E-state index < -0.39 is 30.4 Å². The second kappa shape index (κ2) is 8.87. The normalized spacial score (nSPS) is 12.3. The molecule has 0 aliphatic heterocycles. The number of unbranched alkanes of at least 4 members (excludes halogenated alkanes) is 1. The third kappa shape index (κ3) is 5.08. The van der Waals surface area contributed by atoms with Gasteiger partial charge < -0.3 is 9.47 Å². The van der Waals surface area contributed by atoms with Crippen LogP contribution in [0.4, 0.5) is 8.78 Å². The Hall–Kier alpha value is -1.44. The highest BCUT2D eigenvalue weighted by Crippen LogP contribution is 2.25. The van der Waals surface area contributed by atoms with Crippen molar-refractivity contribution in [1.82, 2.24) is 4.57 Å². The van der Waals surface area contributed by atoms with E-state index in [1.165, 1.54) is 13.3 Å². The number of ether oxygens (including phenoxy) is 2. The molecule has 1 unspecified atom stereocenters. The first-order valence-corrected chi connectivity index (χ1v) is 7.60. The third-order valence-electron chi connectivity index (χ3n) is 2.97. The lowest BCUT2D eigenvalue weighted by atomic mass is 10.2. The van der Waals surface area contributed by atoms with Crippen LogP contribution >= 0.6 is 15.9 Å². The van der Waals surface area contributed by atoms with Crippen molar-refractivity contribution >= 4 is 21.9 Å². The summed E-state index contributed by atoms with van der Waals surface area (Å²) in [6, 6.07) is -0.220. The average Bonchev–Trinajstić information content (AvgIpc) is 2.45. The smallest absolute Gasteiger partial charge is 0.329 e. The number of nitrogens with zero attached hydrogens (tertiary/aromatic N) is 1. The van der Waals surface area contributed by atoms with Crippen molar-refractivity contribution in [3.8, 4) is 5.75 Å². The quantitative estimate of drug-likeness (QED) is 0.512.